The summed E-state index contributed by atoms with van der Waals surface area (Å²) in [6.45, 7) is 0. The van der Waals surface area contributed by atoms with Crippen molar-refractivity contribution in [3.05, 3.63) is 34.9 Å². The minimum Gasteiger partial charge on any atom is -0.211 e. The maximum Gasteiger partial charge on any atom is 0.416 e. The van der Waals surface area contributed by atoms with E-state index in [-0.39, 0.29) is 5.56 Å². The summed E-state index contributed by atoms with van der Waals surface area (Å²) in [6, 6.07) is 3.53. The summed E-state index contributed by atoms with van der Waals surface area (Å²) in [5, 5.41) is 0. The normalized spacial score (nSPS) is 19.1. The Kier molecular flexibility index (Phi) is 2.56. The minimum absolute atomic E-state index is 0.263. The van der Waals surface area contributed by atoms with Crippen molar-refractivity contribution in [3.63, 3.8) is 0 Å². The Balaban J connectivity index is 2.52. The Morgan fingerprint density at radius 3 is 2.75 bits per heavy atom. The van der Waals surface area contributed by atoms with Crippen LogP contribution in [0.5, 0.6) is 0 Å². The molecule has 1 atom stereocenters. The summed E-state index contributed by atoms with van der Waals surface area (Å²) in [4.78, 5) is 13.7. The molecule has 1 aliphatic rings. The molecule has 0 fully saturated rings. The zero-order chi connectivity index (χ0) is 11.8. The second-order valence-electron chi connectivity index (χ2n) is 3.65. The SMILES string of the molecule is O=C=NC1CCc2c1cccc2C(F)(F)F. The van der Waals surface area contributed by atoms with Crippen molar-refractivity contribution in [3.8, 4) is 0 Å². The van der Waals surface area contributed by atoms with E-state index in [0.29, 0.717) is 18.4 Å². The largest absolute Gasteiger partial charge is 0.416 e. The number of benzene rings is 1. The van der Waals surface area contributed by atoms with Crippen molar-refractivity contribution in [2.24, 2.45) is 4.99 Å². The highest BCUT2D eigenvalue weighted by Crippen LogP contribution is 2.41. The smallest absolute Gasteiger partial charge is 0.211 e. The molecule has 2 nitrogen and oxygen atoms in total. The van der Waals surface area contributed by atoms with Crippen LogP contribution in [0.2, 0.25) is 0 Å². The van der Waals surface area contributed by atoms with E-state index in [1.54, 1.807) is 6.07 Å². The van der Waals surface area contributed by atoms with Crippen molar-refractivity contribution in [1.29, 1.82) is 0 Å². The Hall–Kier alpha value is -1.61. The van der Waals surface area contributed by atoms with E-state index < -0.39 is 17.8 Å². The topological polar surface area (TPSA) is 29.4 Å². The second kappa shape index (κ2) is 3.76. The molecule has 1 aliphatic carbocycles. The van der Waals surface area contributed by atoms with Crippen molar-refractivity contribution < 1.29 is 18.0 Å². The van der Waals surface area contributed by atoms with Crippen LogP contribution < -0.4 is 0 Å². The van der Waals surface area contributed by atoms with Gasteiger partial charge in [-0.05, 0) is 30.0 Å². The van der Waals surface area contributed by atoms with Crippen LogP contribution >= 0.6 is 0 Å². The quantitative estimate of drug-likeness (QED) is 0.535. The summed E-state index contributed by atoms with van der Waals surface area (Å²) < 4.78 is 37.9. The first-order chi connectivity index (χ1) is 7.54. The lowest BCUT2D eigenvalue weighted by Gasteiger charge is -2.12. The lowest BCUT2D eigenvalue weighted by molar-refractivity contribution is -0.138. The van der Waals surface area contributed by atoms with Crippen LogP contribution in [0.3, 0.4) is 0 Å². The Bertz CT molecular complexity index is 461. The fraction of sp³-hybridized carbons (Fsp3) is 0.364. The summed E-state index contributed by atoms with van der Waals surface area (Å²) in [5.74, 6) is 0. The Morgan fingerprint density at radius 2 is 2.12 bits per heavy atom. The highest BCUT2D eigenvalue weighted by Gasteiger charge is 2.37. The number of halogens is 3. The number of carbonyl (C=O) groups excluding carboxylic acids is 1. The first kappa shape index (κ1) is 10.9. The number of hydrogen-bond donors (Lipinski definition) is 0. The molecule has 2 rings (SSSR count). The van der Waals surface area contributed by atoms with Gasteiger partial charge in [0.1, 0.15) is 0 Å². The zero-order valence-corrected chi connectivity index (χ0v) is 8.21. The van der Waals surface area contributed by atoms with Crippen LogP contribution in [0.4, 0.5) is 13.2 Å². The fourth-order valence-corrected chi connectivity index (χ4v) is 2.10. The molecule has 16 heavy (non-hydrogen) atoms. The van der Waals surface area contributed by atoms with Crippen LogP contribution in [-0.4, -0.2) is 6.08 Å². The second-order valence-corrected chi connectivity index (χ2v) is 3.65. The number of aliphatic imine (C=N–C) groups is 1. The molecule has 0 N–H and O–H groups in total. The van der Waals surface area contributed by atoms with Gasteiger partial charge >= 0.3 is 6.18 Å². The average molecular weight is 227 g/mol. The van der Waals surface area contributed by atoms with Gasteiger partial charge in [0.05, 0.1) is 11.6 Å². The molecule has 0 radical (unpaired) electrons. The Labute approximate surface area is 89.8 Å². The van der Waals surface area contributed by atoms with E-state index in [4.69, 9.17) is 0 Å². The molecule has 0 bridgehead atoms. The fourth-order valence-electron chi connectivity index (χ4n) is 2.10. The van der Waals surface area contributed by atoms with E-state index in [1.165, 1.54) is 12.1 Å². The highest BCUT2D eigenvalue weighted by molar-refractivity contribution is 5.44. The van der Waals surface area contributed by atoms with Crippen LogP contribution in [0.25, 0.3) is 0 Å². The third-order valence-electron chi connectivity index (χ3n) is 2.75. The molecule has 0 amide bonds. The van der Waals surface area contributed by atoms with Gasteiger partial charge in [-0.15, -0.1) is 0 Å². The maximum atomic E-state index is 12.6. The molecule has 0 heterocycles. The van der Waals surface area contributed by atoms with Crippen LogP contribution in [0, 0.1) is 0 Å². The van der Waals surface area contributed by atoms with Gasteiger partial charge in [0.25, 0.3) is 0 Å². The van der Waals surface area contributed by atoms with Crippen molar-refractivity contribution >= 4 is 6.08 Å². The molecular formula is C11H8F3NO. The predicted molar refractivity (Wildman–Crippen MR) is 50.6 cm³/mol. The Morgan fingerprint density at radius 1 is 1.38 bits per heavy atom. The van der Waals surface area contributed by atoms with Gasteiger partial charge in [0, 0.05) is 0 Å². The standard InChI is InChI=1S/C11H8F3NO/c12-11(13,14)9-3-1-2-8-7(9)4-5-10(8)15-6-16/h1-3,10H,4-5H2. The predicted octanol–water partition coefficient (Wildman–Crippen LogP) is 3.03. The summed E-state index contributed by atoms with van der Waals surface area (Å²) in [5.41, 5.74) is 0.144. The van der Waals surface area contributed by atoms with E-state index in [9.17, 15) is 18.0 Å². The maximum absolute atomic E-state index is 12.6. The van der Waals surface area contributed by atoms with Crippen molar-refractivity contribution in [2.75, 3.05) is 0 Å². The van der Waals surface area contributed by atoms with Gasteiger partial charge in [-0.25, -0.2) is 4.79 Å². The number of fused-ring (bicyclic) bond motifs is 1. The molecule has 0 aromatic heterocycles. The van der Waals surface area contributed by atoms with E-state index >= 15 is 0 Å². The molecule has 1 aromatic carbocycles. The first-order valence-electron chi connectivity index (χ1n) is 4.80. The molecule has 0 spiro atoms. The number of nitrogens with zero attached hydrogens (tertiary/aromatic N) is 1. The van der Waals surface area contributed by atoms with E-state index in [1.807, 2.05) is 0 Å². The van der Waals surface area contributed by atoms with Crippen LogP contribution in [0.1, 0.15) is 29.2 Å². The lowest BCUT2D eigenvalue weighted by atomic mass is 10.0. The summed E-state index contributed by atoms with van der Waals surface area (Å²) >= 11 is 0. The van der Waals surface area contributed by atoms with Crippen LogP contribution in [0.15, 0.2) is 23.2 Å². The molecule has 0 saturated heterocycles. The van der Waals surface area contributed by atoms with Crippen molar-refractivity contribution in [1.82, 2.24) is 0 Å². The third-order valence-corrected chi connectivity index (χ3v) is 2.75. The van der Waals surface area contributed by atoms with Gasteiger partial charge in [0.15, 0.2) is 0 Å². The lowest BCUT2D eigenvalue weighted by Crippen LogP contribution is -2.08. The van der Waals surface area contributed by atoms with Crippen LogP contribution in [-0.2, 0) is 17.4 Å². The summed E-state index contributed by atoms with van der Waals surface area (Å²) in [7, 11) is 0. The number of hydrogen-bond acceptors (Lipinski definition) is 2. The average Bonchev–Trinajstić information content (AvgIpc) is 2.61. The van der Waals surface area contributed by atoms with Gasteiger partial charge in [-0.2, -0.15) is 18.2 Å². The molecule has 1 unspecified atom stereocenters. The third kappa shape index (κ3) is 1.74. The minimum atomic E-state index is -4.34. The monoisotopic (exact) mass is 227 g/mol. The van der Waals surface area contributed by atoms with E-state index in [0.717, 1.165) is 6.07 Å². The molecule has 0 saturated carbocycles. The number of isocyanates is 1. The van der Waals surface area contributed by atoms with Gasteiger partial charge in [0.2, 0.25) is 6.08 Å². The van der Waals surface area contributed by atoms with Crippen molar-refractivity contribution in [2.45, 2.75) is 25.1 Å². The van der Waals surface area contributed by atoms with Gasteiger partial charge < -0.3 is 0 Å². The summed E-state index contributed by atoms with van der Waals surface area (Å²) in [6.07, 6.45) is -2.19. The number of rotatable bonds is 1. The molecule has 84 valence electrons. The molecular weight excluding hydrogens is 219 g/mol. The van der Waals surface area contributed by atoms with Gasteiger partial charge in [-0.3, -0.25) is 0 Å². The van der Waals surface area contributed by atoms with Gasteiger partial charge in [-0.1, -0.05) is 12.1 Å². The molecule has 0 aliphatic heterocycles. The molecule has 1 aromatic rings. The first-order valence-corrected chi connectivity index (χ1v) is 4.80. The van der Waals surface area contributed by atoms with E-state index in [2.05, 4.69) is 4.99 Å². The highest BCUT2D eigenvalue weighted by atomic mass is 19.4. The molecule has 5 heteroatoms. The zero-order valence-electron chi connectivity index (χ0n) is 8.21. The number of alkyl halides is 3.